The van der Waals surface area contributed by atoms with Crippen molar-refractivity contribution >= 4 is 22.6 Å². The molecule has 2 aromatic rings. The van der Waals surface area contributed by atoms with E-state index in [4.69, 9.17) is 10.00 Å². The largest absolute Gasteiger partial charge is 0.487 e. The monoisotopic (exact) mass is 414 g/mol. The van der Waals surface area contributed by atoms with Crippen molar-refractivity contribution in [2.24, 2.45) is 5.92 Å². The Morgan fingerprint density at radius 1 is 1.53 bits per heavy atom. The zero-order valence-corrected chi connectivity index (χ0v) is 16.8. The topological polar surface area (TPSA) is 108 Å². The number of aromatic carboxylic acids is 1. The summed E-state index contributed by atoms with van der Waals surface area (Å²) in [7, 11) is 1.81. The molecule has 2 aliphatic heterocycles. The normalized spacial score (nSPS) is 21.3. The number of nitriles is 1. The van der Waals surface area contributed by atoms with E-state index in [2.05, 4.69) is 11.4 Å². The number of carboxylic acid groups (broad SMARTS) is 1. The van der Waals surface area contributed by atoms with Crippen molar-refractivity contribution in [2.75, 3.05) is 31.6 Å². The smallest absolute Gasteiger partial charge is 0.341 e. The van der Waals surface area contributed by atoms with Gasteiger partial charge in [0.2, 0.25) is 5.43 Å². The van der Waals surface area contributed by atoms with Crippen LogP contribution in [-0.4, -0.2) is 48.4 Å². The number of carboxylic acids is 1. The number of halogens is 1. The minimum Gasteiger partial charge on any atom is -0.487 e. The number of aromatic nitrogens is 1. The highest BCUT2D eigenvalue weighted by molar-refractivity contribution is 5.97. The molecule has 2 aliphatic rings. The number of nitrogens with zero attached hydrogens (tertiary/aromatic N) is 3. The molecule has 3 heterocycles. The van der Waals surface area contributed by atoms with Gasteiger partial charge in [0.25, 0.3) is 0 Å². The fourth-order valence-electron chi connectivity index (χ4n) is 4.58. The molecule has 1 fully saturated rings. The lowest BCUT2D eigenvalue weighted by atomic mass is 9.97. The first-order chi connectivity index (χ1) is 14.4. The summed E-state index contributed by atoms with van der Waals surface area (Å²) in [6, 6.07) is 3.12. The summed E-state index contributed by atoms with van der Waals surface area (Å²) in [5, 5.41) is 21.6. The third-order valence-corrected chi connectivity index (χ3v) is 6.16. The van der Waals surface area contributed by atoms with Crippen LogP contribution in [0.25, 0.3) is 10.9 Å². The molecule has 30 heavy (non-hydrogen) atoms. The van der Waals surface area contributed by atoms with Crippen LogP contribution in [0.15, 0.2) is 17.1 Å². The van der Waals surface area contributed by atoms with Crippen LogP contribution in [0.5, 0.6) is 5.75 Å². The third kappa shape index (κ3) is 3.08. The zero-order chi connectivity index (χ0) is 21.6. The molecule has 1 saturated heterocycles. The van der Waals surface area contributed by atoms with Crippen molar-refractivity contribution < 1.29 is 19.0 Å². The number of nitrogens with one attached hydrogen (secondary N) is 1. The molecule has 0 aliphatic carbocycles. The molecule has 1 aromatic carbocycles. The Kier molecular flexibility index (Phi) is 5.12. The summed E-state index contributed by atoms with van der Waals surface area (Å²) in [5.41, 5.74) is -0.392. The van der Waals surface area contributed by atoms with Gasteiger partial charge < -0.3 is 24.6 Å². The molecule has 2 N–H and O–H groups in total. The second-order valence-corrected chi connectivity index (χ2v) is 7.93. The highest BCUT2D eigenvalue weighted by atomic mass is 19.1. The first-order valence-corrected chi connectivity index (χ1v) is 9.94. The Bertz CT molecular complexity index is 1120. The molecule has 3 atom stereocenters. The third-order valence-electron chi connectivity index (χ3n) is 6.16. The van der Waals surface area contributed by atoms with Crippen LogP contribution in [0.1, 0.15) is 36.2 Å². The number of rotatable bonds is 5. The SMILES string of the molecule is CNC(CC#N)C1CCN(c2c(F)cc3c(=O)c(C(=O)O)cn4c3c2OCC4C)C1. The van der Waals surface area contributed by atoms with E-state index in [1.807, 2.05) is 18.9 Å². The van der Waals surface area contributed by atoms with Crippen molar-refractivity contribution in [1.29, 1.82) is 5.26 Å². The molecular weight excluding hydrogens is 391 g/mol. The Morgan fingerprint density at radius 2 is 2.30 bits per heavy atom. The highest BCUT2D eigenvalue weighted by Crippen LogP contribution is 2.43. The number of benzene rings is 1. The number of hydrogen-bond donors (Lipinski definition) is 2. The van der Waals surface area contributed by atoms with Crippen molar-refractivity contribution in [3.63, 3.8) is 0 Å². The van der Waals surface area contributed by atoms with E-state index in [1.54, 1.807) is 4.57 Å². The molecule has 0 radical (unpaired) electrons. The summed E-state index contributed by atoms with van der Waals surface area (Å²) in [6.07, 6.45) is 2.49. The number of pyridine rings is 1. The molecule has 0 saturated carbocycles. The Morgan fingerprint density at radius 3 is 2.97 bits per heavy atom. The van der Waals surface area contributed by atoms with Gasteiger partial charge in [-0.15, -0.1) is 0 Å². The maximum absolute atomic E-state index is 15.3. The highest BCUT2D eigenvalue weighted by Gasteiger charge is 2.35. The molecule has 4 rings (SSSR count). The number of carbonyl (C=O) groups is 1. The summed E-state index contributed by atoms with van der Waals surface area (Å²) < 4.78 is 22.9. The first-order valence-electron chi connectivity index (χ1n) is 9.94. The van der Waals surface area contributed by atoms with E-state index in [1.165, 1.54) is 6.20 Å². The minimum absolute atomic E-state index is 0.00558. The van der Waals surface area contributed by atoms with Gasteiger partial charge in [-0.2, -0.15) is 5.26 Å². The lowest BCUT2D eigenvalue weighted by Crippen LogP contribution is -2.35. The molecule has 0 amide bonds. The second kappa shape index (κ2) is 7.61. The maximum atomic E-state index is 15.3. The lowest BCUT2D eigenvalue weighted by Gasteiger charge is -2.31. The van der Waals surface area contributed by atoms with Crippen LogP contribution >= 0.6 is 0 Å². The number of anilines is 1. The van der Waals surface area contributed by atoms with Crippen LogP contribution in [0, 0.1) is 23.1 Å². The molecule has 8 nitrogen and oxygen atoms in total. The summed E-state index contributed by atoms with van der Waals surface area (Å²) in [4.78, 5) is 26.1. The van der Waals surface area contributed by atoms with E-state index in [0.717, 1.165) is 12.5 Å². The standard InChI is InChI=1S/C21H23FN4O4/c1-11-10-30-20-17-13(19(27)14(21(28)29)9-26(11)17)7-15(22)18(20)25-6-4-12(8-25)16(24-2)3-5-23/h7,9,11-12,16,24H,3-4,6,8,10H2,1-2H3,(H,28,29). The minimum atomic E-state index is -1.34. The Labute approximate surface area is 172 Å². The lowest BCUT2D eigenvalue weighted by molar-refractivity contribution is 0.0694. The van der Waals surface area contributed by atoms with E-state index in [9.17, 15) is 14.7 Å². The van der Waals surface area contributed by atoms with Crippen molar-refractivity contribution in [2.45, 2.75) is 31.8 Å². The van der Waals surface area contributed by atoms with Crippen LogP contribution in [0.4, 0.5) is 10.1 Å². The number of hydrogen-bond acceptors (Lipinski definition) is 6. The van der Waals surface area contributed by atoms with Gasteiger partial charge in [-0.05, 0) is 32.4 Å². The van der Waals surface area contributed by atoms with E-state index >= 15 is 4.39 Å². The average molecular weight is 414 g/mol. The van der Waals surface area contributed by atoms with Gasteiger partial charge in [0.1, 0.15) is 17.9 Å². The van der Waals surface area contributed by atoms with Crippen LogP contribution in [-0.2, 0) is 0 Å². The van der Waals surface area contributed by atoms with Gasteiger partial charge in [-0.1, -0.05) is 0 Å². The first kappa shape index (κ1) is 20.2. The van der Waals surface area contributed by atoms with Gasteiger partial charge in [-0.3, -0.25) is 4.79 Å². The fraction of sp³-hybridized carbons (Fsp3) is 0.476. The molecule has 3 unspecified atom stereocenters. The molecule has 1 aromatic heterocycles. The molecule has 9 heteroatoms. The molecular formula is C21H23FN4O4. The van der Waals surface area contributed by atoms with Gasteiger partial charge in [-0.25, -0.2) is 9.18 Å². The summed E-state index contributed by atoms with van der Waals surface area (Å²) >= 11 is 0. The molecule has 0 bridgehead atoms. The zero-order valence-electron chi connectivity index (χ0n) is 16.8. The maximum Gasteiger partial charge on any atom is 0.341 e. The van der Waals surface area contributed by atoms with Crippen molar-refractivity contribution in [3.8, 4) is 11.8 Å². The summed E-state index contributed by atoms with van der Waals surface area (Å²) in [5.74, 6) is -1.50. The van der Waals surface area contributed by atoms with Crippen LogP contribution < -0.4 is 20.4 Å². The van der Waals surface area contributed by atoms with Crippen LogP contribution in [0.2, 0.25) is 0 Å². The Hall–Kier alpha value is -3.12. The van der Waals surface area contributed by atoms with Crippen molar-refractivity contribution in [1.82, 2.24) is 9.88 Å². The fourth-order valence-corrected chi connectivity index (χ4v) is 4.58. The van der Waals surface area contributed by atoms with E-state index in [-0.39, 0.29) is 41.3 Å². The van der Waals surface area contributed by atoms with E-state index in [0.29, 0.717) is 30.7 Å². The molecule has 158 valence electrons. The Balaban J connectivity index is 1.85. The van der Waals surface area contributed by atoms with Gasteiger partial charge in [0.15, 0.2) is 11.6 Å². The van der Waals surface area contributed by atoms with Gasteiger partial charge in [0, 0.05) is 25.3 Å². The van der Waals surface area contributed by atoms with Crippen LogP contribution in [0.3, 0.4) is 0 Å². The number of ether oxygens (including phenoxy) is 1. The van der Waals surface area contributed by atoms with Gasteiger partial charge in [0.05, 0.1) is 29.4 Å². The molecule has 0 spiro atoms. The predicted molar refractivity (Wildman–Crippen MR) is 109 cm³/mol. The predicted octanol–water partition coefficient (Wildman–Crippen LogP) is 2.12. The van der Waals surface area contributed by atoms with E-state index < -0.39 is 17.2 Å². The van der Waals surface area contributed by atoms with Gasteiger partial charge >= 0.3 is 5.97 Å². The van der Waals surface area contributed by atoms with Crippen molar-refractivity contribution in [3.05, 3.63) is 33.9 Å². The summed E-state index contributed by atoms with van der Waals surface area (Å²) in [6.45, 7) is 3.25. The quantitative estimate of drug-likeness (QED) is 0.772. The second-order valence-electron chi connectivity index (χ2n) is 7.93. The average Bonchev–Trinajstić information content (AvgIpc) is 3.19.